The van der Waals surface area contributed by atoms with Crippen LogP contribution in [0.25, 0.3) is 0 Å². The van der Waals surface area contributed by atoms with Gasteiger partial charge in [0.1, 0.15) is 6.29 Å². The lowest BCUT2D eigenvalue weighted by molar-refractivity contribution is 0.540. The topological polar surface area (TPSA) is 46.2 Å². The summed E-state index contributed by atoms with van der Waals surface area (Å²) >= 11 is 0. The van der Waals surface area contributed by atoms with E-state index in [1.807, 2.05) is 4.72 Å². The van der Waals surface area contributed by atoms with Gasteiger partial charge in [-0.05, 0) is 19.8 Å². The second-order valence-corrected chi connectivity index (χ2v) is 10.1. The fraction of sp³-hybridized carbons (Fsp3) is 1.00. The molecule has 0 aliphatic carbocycles. The van der Waals surface area contributed by atoms with E-state index >= 15 is 0 Å². The van der Waals surface area contributed by atoms with Crippen molar-refractivity contribution in [2.24, 2.45) is 5.92 Å². The average molecular weight is 258 g/mol. The first kappa shape index (κ1) is 15.3. The third-order valence-electron chi connectivity index (χ3n) is 2.67. The van der Waals surface area contributed by atoms with Crippen molar-refractivity contribution in [3.05, 3.63) is 0 Å². The maximum absolute atomic E-state index is 12.4. The predicted molar refractivity (Wildman–Crippen MR) is 65.7 cm³/mol. The van der Waals surface area contributed by atoms with E-state index in [1.165, 1.54) is 0 Å². The Morgan fingerprint density at radius 1 is 1.27 bits per heavy atom. The largest absolute Gasteiger partial charge is 0.375 e. The molecular weight excluding hydrogens is 236 g/mol. The first-order chi connectivity index (χ1) is 6.74. The van der Waals surface area contributed by atoms with E-state index in [-0.39, 0.29) is 0 Å². The summed E-state index contributed by atoms with van der Waals surface area (Å²) in [7, 11) is -5.88. The molecule has 0 saturated carbocycles. The van der Waals surface area contributed by atoms with Gasteiger partial charge in [0.2, 0.25) is 0 Å². The molecule has 15 heavy (non-hydrogen) atoms. The molecule has 0 aromatic carbocycles. The number of rotatable bonds is 7. The lowest BCUT2D eigenvalue weighted by Crippen LogP contribution is -2.26. The molecule has 0 atom stereocenters. The second-order valence-electron chi connectivity index (χ2n) is 4.29. The summed E-state index contributed by atoms with van der Waals surface area (Å²) in [6, 6.07) is 0. The van der Waals surface area contributed by atoms with Crippen molar-refractivity contribution in [3.63, 3.8) is 0 Å². The zero-order valence-corrected chi connectivity index (χ0v) is 11.7. The van der Waals surface area contributed by atoms with Crippen LogP contribution in [0.1, 0.15) is 27.7 Å². The molecule has 0 heterocycles. The lowest BCUT2D eigenvalue weighted by atomic mass is 10.3. The fourth-order valence-corrected chi connectivity index (χ4v) is 6.56. The minimum atomic E-state index is -4.54. The van der Waals surface area contributed by atoms with Crippen LogP contribution >= 0.6 is 7.26 Å². The molecule has 92 valence electrons. The van der Waals surface area contributed by atoms with Crippen molar-refractivity contribution in [1.29, 1.82) is 0 Å². The van der Waals surface area contributed by atoms with E-state index < -0.39 is 17.7 Å². The molecule has 0 aromatic heterocycles. The van der Waals surface area contributed by atoms with Crippen molar-refractivity contribution < 1.29 is 12.3 Å². The third-order valence-corrected chi connectivity index (χ3v) is 8.39. The van der Waals surface area contributed by atoms with Crippen molar-refractivity contribution in [2.75, 3.05) is 24.8 Å². The molecule has 0 aliphatic heterocycles. The SMILES string of the molecule is CC[P+](CC)(CNS(=O)(=O)F)CC(C)C. The predicted octanol–water partition coefficient (Wildman–Crippen LogP) is 2.46. The molecule has 0 aliphatic rings. The first-order valence-electron chi connectivity index (χ1n) is 5.29. The molecule has 0 saturated heterocycles. The standard InChI is InChI=1S/C9H22FNO2PS/c1-5-14(6-2,7-9(3)4)8-11-15(10,12)13/h9,11H,5-8H2,1-4H3/q+1. The molecule has 0 unspecified atom stereocenters. The zero-order chi connectivity index (χ0) is 12.1. The second kappa shape index (κ2) is 6.12. The van der Waals surface area contributed by atoms with Gasteiger partial charge in [0, 0.05) is 7.26 Å². The lowest BCUT2D eigenvalue weighted by Gasteiger charge is -2.26. The highest BCUT2D eigenvalue weighted by Gasteiger charge is 2.35. The summed E-state index contributed by atoms with van der Waals surface area (Å²) in [6.07, 6.45) is 3.24. The van der Waals surface area contributed by atoms with Crippen LogP contribution in [0.5, 0.6) is 0 Å². The molecule has 0 radical (unpaired) electrons. The van der Waals surface area contributed by atoms with Gasteiger partial charge in [-0.15, -0.1) is 0 Å². The molecule has 0 fully saturated rings. The molecular formula is C9H22FNO2PS+. The monoisotopic (exact) mass is 258 g/mol. The van der Waals surface area contributed by atoms with Crippen molar-refractivity contribution in [3.8, 4) is 0 Å². The van der Waals surface area contributed by atoms with Crippen LogP contribution in [0.15, 0.2) is 0 Å². The molecule has 0 amide bonds. The van der Waals surface area contributed by atoms with Crippen LogP contribution in [0, 0.1) is 5.92 Å². The Morgan fingerprint density at radius 3 is 2.00 bits per heavy atom. The van der Waals surface area contributed by atoms with Gasteiger partial charge in [-0.1, -0.05) is 17.7 Å². The van der Waals surface area contributed by atoms with Crippen molar-refractivity contribution in [1.82, 2.24) is 4.72 Å². The minimum Gasteiger partial charge on any atom is -0.177 e. The Kier molecular flexibility index (Phi) is 6.23. The highest BCUT2D eigenvalue weighted by molar-refractivity contribution is 7.85. The van der Waals surface area contributed by atoms with E-state index in [2.05, 4.69) is 27.7 Å². The summed E-state index contributed by atoms with van der Waals surface area (Å²) in [6.45, 7) is 8.35. The molecule has 0 spiro atoms. The Hall–Kier alpha value is 0.270. The van der Waals surface area contributed by atoms with E-state index in [1.54, 1.807) is 0 Å². The van der Waals surface area contributed by atoms with Crippen LogP contribution in [-0.4, -0.2) is 33.2 Å². The molecule has 1 N–H and O–H groups in total. The first-order valence-corrected chi connectivity index (χ1v) is 9.20. The average Bonchev–Trinajstić information content (AvgIpc) is 2.10. The third kappa shape index (κ3) is 6.44. The van der Waals surface area contributed by atoms with Crippen molar-refractivity contribution >= 4 is 17.7 Å². The summed E-state index contributed by atoms with van der Waals surface area (Å²) in [5, 5.41) is 0. The normalized spacial score (nSPS) is 13.5. The van der Waals surface area contributed by atoms with E-state index in [4.69, 9.17) is 0 Å². The highest BCUT2D eigenvalue weighted by atomic mass is 32.3. The van der Waals surface area contributed by atoms with Crippen LogP contribution in [-0.2, 0) is 10.4 Å². The maximum Gasteiger partial charge on any atom is 0.375 e. The summed E-state index contributed by atoms with van der Waals surface area (Å²) in [5.41, 5.74) is 0. The van der Waals surface area contributed by atoms with Gasteiger partial charge >= 0.3 is 10.4 Å². The number of hydrogen-bond acceptors (Lipinski definition) is 2. The van der Waals surface area contributed by atoms with Gasteiger partial charge in [0.05, 0.1) is 18.5 Å². The van der Waals surface area contributed by atoms with Crippen LogP contribution in [0.3, 0.4) is 0 Å². The van der Waals surface area contributed by atoms with E-state index in [9.17, 15) is 12.3 Å². The van der Waals surface area contributed by atoms with E-state index in [0.29, 0.717) is 12.2 Å². The summed E-state index contributed by atoms with van der Waals surface area (Å²) in [4.78, 5) is 0. The fourth-order valence-electron chi connectivity index (χ4n) is 1.76. The molecule has 0 bridgehead atoms. The Labute approximate surface area is 93.5 Å². The highest BCUT2D eigenvalue weighted by Crippen LogP contribution is 2.58. The number of nitrogens with one attached hydrogen (secondary N) is 1. The number of hydrogen-bond donors (Lipinski definition) is 1. The Bertz CT molecular complexity index is 276. The van der Waals surface area contributed by atoms with Crippen LogP contribution in [0.4, 0.5) is 3.89 Å². The smallest absolute Gasteiger partial charge is 0.177 e. The van der Waals surface area contributed by atoms with Gasteiger partial charge < -0.3 is 0 Å². The zero-order valence-electron chi connectivity index (χ0n) is 9.96. The molecule has 0 aromatic rings. The van der Waals surface area contributed by atoms with Gasteiger partial charge in [-0.2, -0.15) is 13.1 Å². The summed E-state index contributed by atoms with van der Waals surface area (Å²) < 4.78 is 35.3. The van der Waals surface area contributed by atoms with Gasteiger partial charge in [0.15, 0.2) is 0 Å². The Morgan fingerprint density at radius 2 is 1.73 bits per heavy atom. The van der Waals surface area contributed by atoms with Crippen molar-refractivity contribution in [2.45, 2.75) is 27.7 Å². The maximum atomic E-state index is 12.4. The van der Waals surface area contributed by atoms with Crippen LogP contribution < -0.4 is 4.72 Å². The van der Waals surface area contributed by atoms with Gasteiger partial charge in [-0.25, -0.2) is 0 Å². The van der Waals surface area contributed by atoms with Gasteiger partial charge in [0.25, 0.3) is 0 Å². The van der Waals surface area contributed by atoms with Crippen LogP contribution in [0.2, 0.25) is 0 Å². The van der Waals surface area contributed by atoms with Gasteiger partial charge in [-0.3, -0.25) is 0 Å². The molecule has 0 rings (SSSR count). The Balaban J connectivity index is 4.50. The molecule has 6 heteroatoms. The quantitative estimate of drug-likeness (QED) is 0.563. The van der Waals surface area contributed by atoms with E-state index in [0.717, 1.165) is 18.5 Å². The number of halogens is 1. The summed E-state index contributed by atoms with van der Waals surface area (Å²) in [5.74, 6) is 0.530. The molecule has 3 nitrogen and oxygen atoms in total. The minimum absolute atomic E-state index is 0.303.